The molecule has 4 aromatic rings. The summed E-state index contributed by atoms with van der Waals surface area (Å²) in [6.45, 7) is 0. The molecular weight excluding hydrogens is 314 g/mol. The molecule has 2 heterocycles. The van der Waals surface area contributed by atoms with Crippen molar-refractivity contribution in [3.63, 3.8) is 0 Å². The summed E-state index contributed by atoms with van der Waals surface area (Å²) in [5.41, 5.74) is 3.57. The Bertz CT molecular complexity index is 1190. The number of pyridine rings is 1. The molecule has 0 radical (unpaired) electrons. The van der Waals surface area contributed by atoms with Crippen molar-refractivity contribution >= 4 is 32.6 Å². The molecule has 1 aliphatic carbocycles. The standard InChI is InChI=1S/C21H15NO3/c23-18-12-6-8-16-14(17(12)20-21(25-20)19(18)24)9-13-11-4-2-1-3-10(11)5-7-15(13)22-16/h1-9,18-21,23-24H/t18?,19?,20-,21-/m0/s1. The predicted octanol–water partition coefficient (Wildman–Crippen LogP) is 3.39. The molecule has 1 fully saturated rings. The number of epoxide rings is 1. The normalized spacial score (nSPS) is 27.4. The van der Waals surface area contributed by atoms with Gasteiger partial charge >= 0.3 is 0 Å². The van der Waals surface area contributed by atoms with E-state index in [1.165, 1.54) is 5.39 Å². The van der Waals surface area contributed by atoms with E-state index in [1.807, 2.05) is 30.3 Å². The summed E-state index contributed by atoms with van der Waals surface area (Å²) >= 11 is 0. The highest BCUT2D eigenvalue weighted by atomic mass is 16.6. The summed E-state index contributed by atoms with van der Waals surface area (Å²) in [5.74, 6) is 0. The van der Waals surface area contributed by atoms with E-state index in [0.717, 1.165) is 38.3 Å². The van der Waals surface area contributed by atoms with Crippen LogP contribution < -0.4 is 0 Å². The number of hydrogen-bond donors (Lipinski definition) is 2. The first-order valence-electron chi connectivity index (χ1n) is 8.49. The average Bonchev–Trinajstić information content (AvgIpc) is 3.44. The summed E-state index contributed by atoms with van der Waals surface area (Å²) in [5, 5.41) is 25.0. The highest BCUT2D eigenvalue weighted by Gasteiger charge is 2.54. The molecule has 6 rings (SSSR count). The molecule has 0 amide bonds. The number of aliphatic hydroxyl groups is 2. The van der Waals surface area contributed by atoms with Gasteiger partial charge in [0.1, 0.15) is 24.4 Å². The minimum atomic E-state index is -0.911. The molecule has 122 valence electrons. The second kappa shape index (κ2) is 4.55. The van der Waals surface area contributed by atoms with Gasteiger partial charge in [-0.05, 0) is 40.1 Å². The van der Waals surface area contributed by atoms with Gasteiger partial charge in [-0.2, -0.15) is 0 Å². The van der Waals surface area contributed by atoms with Crippen molar-refractivity contribution in [2.24, 2.45) is 0 Å². The van der Waals surface area contributed by atoms with Crippen LogP contribution in [0.1, 0.15) is 23.3 Å². The van der Waals surface area contributed by atoms with Crippen LogP contribution in [0, 0.1) is 0 Å². The van der Waals surface area contributed by atoms with Gasteiger partial charge in [0, 0.05) is 10.8 Å². The van der Waals surface area contributed by atoms with Crippen LogP contribution in [0.5, 0.6) is 0 Å². The lowest BCUT2D eigenvalue weighted by Gasteiger charge is -2.24. The Morgan fingerprint density at radius 1 is 0.840 bits per heavy atom. The highest BCUT2D eigenvalue weighted by Crippen LogP contribution is 2.53. The first kappa shape index (κ1) is 13.7. The molecule has 1 saturated heterocycles. The van der Waals surface area contributed by atoms with E-state index in [0.29, 0.717) is 0 Å². The number of nitrogens with zero attached hydrogens (tertiary/aromatic N) is 1. The number of rotatable bonds is 0. The van der Waals surface area contributed by atoms with Crippen molar-refractivity contribution in [2.45, 2.75) is 24.4 Å². The van der Waals surface area contributed by atoms with Crippen LogP contribution in [0.2, 0.25) is 0 Å². The molecular formula is C21H15NO3. The Morgan fingerprint density at radius 3 is 2.56 bits per heavy atom. The fraction of sp³-hybridized carbons (Fsp3) is 0.190. The van der Waals surface area contributed by atoms with Gasteiger partial charge in [-0.3, -0.25) is 0 Å². The minimum Gasteiger partial charge on any atom is -0.387 e. The van der Waals surface area contributed by atoms with Gasteiger partial charge in [0.2, 0.25) is 0 Å². The van der Waals surface area contributed by atoms with E-state index < -0.39 is 12.2 Å². The van der Waals surface area contributed by atoms with E-state index in [-0.39, 0.29) is 12.2 Å². The van der Waals surface area contributed by atoms with Crippen molar-refractivity contribution < 1.29 is 14.9 Å². The van der Waals surface area contributed by atoms with E-state index in [2.05, 4.69) is 24.3 Å². The molecule has 2 aliphatic rings. The number of aromatic nitrogens is 1. The number of fused-ring (bicyclic) bond motifs is 8. The van der Waals surface area contributed by atoms with Crippen molar-refractivity contribution in [3.05, 3.63) is 65.7 Å². The summed E-state index contributed by atoms with van der Waals surface area (Å²) in [6, 6.07) is 18.3. The molecule has 0 spiro atoms. The van der Waals surface area contributed by atoms with Gasteiger partial charge in [-0.15, -0.1) is 0 Å². The Kier molecular flexibility index (Phi) is 2.50. The zero-order valence-electron chi connectivity index (χ0n) is 13.3. The van der Waals surface area contributed by atoms with Crippen LogP contribution in [-0.2, 0) is 4.74 Å². The molecule has 2 N–H and O–H groups in total. The monoisotopic (exact) mass is 329 g/mol. The Morgan fingerprint density at radius 2 is 1.64 bits per heavy atom. The van der Waals surface area contributed by atoms with Crippen LogP contribution in [0.25, 0.3) is 32.6 Å². The summed E-state index contributed by atoms with van der Waals surface area (Å²) in [7, 11) is 0. The molecule has 2 unspecified atom stereocenters. The summed E-state index contributed by atoms with van der Waals surface area (Å²) in [6.07, 6.45) is -2.22. The second-order valence-corrected chi connectivity index (χ2v) is 6.93. The quantitative estimate of drug-likeness (QED) is 0.295. The average molecular weight is 329 g/mol. The Labute approximate surface area is 143 Å². The molecule has 1 aromatic heterocycles. The van der Waals surface area contributed by atoms with Gasteiger partial charge in [-0.1, -0.05) is 36.4 Å². The van der Waals surface area contributed by atoms with Crippen LogP contribution >= 0.6 is 0 Å². The van der Waals surface area contributed by atoms with Gasteiger partial charge in [0.05, 0.1) is 11.0 Å². The maximum Gasteiger partial charge on any atom is 0.118 e. The largest absolute Gasteiger partial charge is 0.387 e. The third-order valence-corrected chi connectivity index (χ3v) is 5.56. The maximum absolute atomic E-state index is 10.4. The number of benzene rings is 3. The van der Waals surface area contributed by atoms with Gasteiger partial charge in [-0.25, -0.2) is 4.98 Å². The maximum atomic E-state index is 10.4. The third kappa shape index (κ3) is 1.74. The minimum absolute atomic E-state index is 0.147. The SMILES string of the molecule is OC1c2ccc3nc4ccc5ccccc5c4cc3c2[C@@H]2O[C@H]2C1O. The second-order valence-electron chi connectivity index (χ2n) is 6.93. The van der Waals surface area contributed by atoms with Gasteiger partial charge in [0.15, 0.2) is 0 Å². The molecule has 0 bridgehead atoms. The predicted molar refractivity (Wildman–Crippen MR) is 95.3 cm³/mol. The number of aliphatic hydroxyl groups excluding tert-OH is 2. The van der Waals surface area contributed by atoms with Crippen LogP contribution in [0.4, 0.5) is 0 Å². The molecule has 4 heteroatoms. The number of hydrogen-bond acceptors (Lipinski definition) is 4. The van der Waals surface area contributed by atoms with Crippen molar-refractivity contribution in [1.82, 2.24) is 4.98 Å². The van der Waals surface area contributed by atoms with Crippen molar-refractivity contribution in [1.29, 1.82) is 0 Å². The third-order valence-electron chi connectivity index (χ3n) is 5.56. The van der Waals surface area contributed by atoms with Gasteiger partial charge < -0.3 is 14.9 Å². The van der Waals surface area contributed by atoms with E-state index in [4.69, 9.17) is 9.72 Å². The molecule has 4 nitrogen and oxygen atoms in total. The molecule has 3 aromatic carbocycles. The van der Waals surface area contributed by atoms with Crippen LogP contribution in [-0.4, -0.2) is 27.4 Å². The first-order chi connectivity index (χ1) is 12.2. The molecule has 0 saturated carbocycles. The fourth-order valence-corrected chi connectivity index (χ4v) is 4.25. The van der Waals surface area contributed by atoms with Crippen LogP contribution in [0.3, 0.4) is 0 Å². The fourth-order valence-electron chi connectivity index (χ4n) is 4.25. The number of ether oxygens (including phenoxy) is 1. The van der Waals surface area contributed by atoms with E-state index in [1.54, 1.807) is 0 Å². The first-order valence-corrected chi connectivity index (χ1v) is 8.49. The van der Waals surface area contributed by atoms with E-state index in [9.17, 15) is 10.2 Å². The van der Waals surface area contributed by atoms with E-state index >= 15 is 0 Å². The van der Waals surface area contributed by atoms with Crippen molar-refractivity contribution in [2.75, 3.05) is 0 Å². The topological polar surface area (TPSA) is 65.9 Å². The lowest BCUT2D eigenvalue weighted by atomic mass is 9.85. The highest BCUT2D eigenvalue weighted by molar-refractivity contribution is 6.10. The molecule has 25 heavy (non-hydrogen) atoms. The van der Waals surface area contributed by atoms with Gasteiger partial charge in [0.25, 0.3) is 0 Å². The summed E-state index contributed by atoms with van der Waals surface area (Å²) in [4.78, 5) is 4.83. The molecule has 1 aliphatic heterocycles. The smallest absolute Gasteiger partial charge is 0.118 e. The molecule has 4 atom stereocenters. The zero-order valence-corrected chi connectivity index (χ0v) is 13.3. The lowest BCUT2D eigenvalue weighted by Crippen LogP contribution is -2.29. The lowest BCUT2D eigenvalue weighted by molar-refractivity contribution is 0.000104. The Balaban J connectivity index is 1.75. The van der Waals surface area contributed by atoms with Crippen molar-refractivity contribution in [3.8, 4) is 0 Å². The summed E-state index contributed by atoms with van der Waals surface area (Å²) < 4.78 is 5.66. The zero-order chi connectivity index (χ0) is 16.7. The van der Waals surface area contributed by atoms with Crippen LogP contribution in [0.15, 0.2) is 54.6 Å². The Hall–Kier alpha value is -2.53.